The average molecular weight is 359 g/mol. The van der Waals surface area contributed by atoms with E-state index in [0.29, 0.717) is 11.3 Å². The molecule has 134 valence electrons. The Bertz CT molecular complexity index is 872. The molecule has 7 heteroatoms. The lowest BCUT2D eigenvalue weighted by atomic mass is 10.0. The summed E-state index contributed by atoms with van der Waals surface area (Å²) < 4.78 is 39.5. The molecular weight excluding hydrogens is 344 g/mol. The summed E-state index contributed by atoms with van der Waals surface area (Å²) in [6.07, 6.45) is 1.28. The first-order chi connectivity index (χ1) is 12.5. The number of para-hydroxylation sites is 1. The van der Waals surface area contributed by atoms with Crippen LogP contribution in [0, 0.1) is 11.3 Å². The minimum Gasteiger partial charge on any atom is -0.496 e. The number of methoxy groups -OCH3 is 2. The molecule has 0 aliphatic carbocycles. The van der Waals surface area contributed by atoms with E-state index >= 15 is 0 Å². The van der Waals surface area contributed by atoms with E-state index in [1.54, 1.807) is 18.2 Å². The molecular formula is C19H15F2NO4. The molecule has 2 rings (SSSR count). The highest BCUT2D eigenvalue weighted by atomic mass is 19.3. The molecule has 0 atom stereocenters. The van der Waals surface area contributed by atoms with Crippen LogP contribution in [0.3, 0.4) is 0 Å². The summed E-state index contributed by atoms with van der Waals surface area (Å²) in [5.74, 6) is -0.303. The first-order valence-corrected chi connectivity index (χ1v) is 7.42. The smallest absolute Gasteiger partial charge is 0.387 e. The van der Waals surface area contributed by atoms with E-state index in [2.05, 4.69) is 4.74 Å². The Balaban J connectivity index is 2.42. The number of hydrogen-bond donors (Lipinski definition) is 0. The van der Waals surface area contributed by atoms with Gasteiger partial charge in [0, 0.05) is 0 Å². The van der Waals surface area contributed by atoms with Gasteiger partial charge in [0.2, 0.25) is 5.78 Å². The van der Waals surface area contributed by atoms with Gasteiger partial charge >= 0.3 is 6.61 Å². The number of ether oxygens (including phenoxy) is 3. The Morgan fingerprint density at radius 2 is 1.77 bits per heavy atom. The zero-order valence-corrected chi connectivity index (χ0v) is 14.0. The van der Waals surface area contributed by atoms with Crippen LogP contribution < -0.4 is 14.2 Å². The Hall–Kier alpha value is -3.40. The number of alkyl halides is 2. The number of allylic oxidation sites excluding steroid dienone is 1. The van der Waals surface area contributed by atoms with E-state index in [-0.39, 0.29) is 22.6 Å². The van der Waals surface area contributed by atoms with E-state index in [1.807, 2.05) is 6.07 Å². The van der Waals surface area contributed by atoms with Gasteiger partial charge in [-0.1, -0.05) is 18.2 Å². The number of hydrogen-bond acceptors (Lipinski definition) is 5. The molecule has 26 heavy (non-hydrogen) atoms. The molecule has 0 N–H and O–H groups in total. The largest absolute Gasteiger partial charge is 0.496 e. The van der Waals surface area contributed by atoms with Gasteiger partial charge in [-0.15, -0.1) is 0 Å². The number of Topliss-reactive ketones (excluding diaryl/α,β-unsaturated/α-hetero) is 1. The molecule has 5 nitrogen and oxygen atoms in total. The van der Waals surface area contributed by atoms with Crippen molar-refractivity contribution in [3.63, 3.8) is 0 Å². The minimum absolute atomic E-state index is 0.108. The van der Waals surface area contributed by atoms with Crippen molar-refractivity contribution in [1.29, 1.82) is 5.26 Å². The molecule has 0 saturated carbocycles. The Labute approximate surface area is 149 Å². The summed E-state index contributed by atoms with van der Waals surface area (Å²) in [6.45, 7) is -3.03. The first-order valence-electron chi connectivity index (χ1n) is 7.42. The normalized spacial score (nSPS) is 11.0. The molecule has 0 aliphatic heterocycles. The fourth-order valence-electron chi connectivity index (χ4n) is 2.26. The summed E-state index contributed by atoms with van der Waals surface area (Å²) in [6, 6.07) is 12.5. The summed E-state index contributed by atoms with van der Waals surface area (Å²) in [5.41, 5.74) is 0.379. The second kappa shape index (κ2) is 8.62. The number of nitriles is 1. The van der Waals surface area contributed by atoms with Crippen LogP contribution in [-0.2, 0) is 0 Å². The van der Waals surface area contributed by atoms with Crippen molar-refractivity contribution in [3.8, 4) is 23.3 Å². The van der Waals surface area contributed by atoms with Crippen molar-refractivity contribution in [2.75, 3.05) is 14.2 Å². The van der Waals surface area contributed by atoms with E-state index in [4.69, 9.17) is 9.47 Å². The first kappa shape index (κ1) is 18.9. The number of nitrogens with zero attached hydrogens (tertiary/aromatic N) is 1. The number of ketones is 1. The number of carbonyl (C=O) groups excluding carboxylic acids is 1. The highest BCUT2D eigenvalue weighted by molar-refractivity contribution is 6.15. The molecule has 0 heterocycles. The van der Waals surface area contributed by atoms with Crippen LogP contribution in [-0.4, -0.2) is 26.6 Å². The Morgan fingerprint density at radius 3 is 2.38 bits per heavy atom. The molecule has 0 aromatic heterocycles. The number of halogens is 2. The van der Waals surface area contributed by atoms with E-state index in [0.717, 1.165) is 0 Å². The molecule has 0 aliphatic rings. The third-order valence-corrected chi connectivity index (χ3v) is 3.43. The zero-order chi connectivity index (χ0) is 19.1. The molecule has 0 unspecified atom stereocenters. The Kier molecular flexibility index (Phi) is 6.28. The van der Waals surface area contributed by atoms with Crippen LogP contribution in [0.15, 0.2) is 48.0 Å². The molecule has 2 aromatic rings. The SMILES string of the molecule is COc1ccc(/C=C(\C#N)C(=O)c2ccccc2OC)cc1OC(F)F. The van der Waals surface area contributed by atoms with Gasteiger partial charge in [-0.2, -0.15) is 14.0 Å². The molecule has 0 spiro atoms. The summed E-state index contributed by atoms with van der Waals surface area (Å²) >= 11 is 0. The third kappa shape index (κ3) is 4.36. The van der Waals surface area contributed by atoms with Crippen LogP contribution in [0.4, 0.5) is 8.78 Å². The molecule has 0 saturated heterocycles. The fraction of sp³-hybridized carbons (Fsp3) is 0.158. The second-order valence-electron chi connectivity index (χ2n) is 4.99. The van der Waals surface area contributed by atoms with Crippen LogP contribution in [0.25, 0.3) is 6.08 Å². The van der Waals surface area contributed by atoms with Crippen molar-refractivity contribution in [2.24, 2.45) is 0 Å². The van der Waals surface area contributed by atoms with Crippen LogP contribution in [0.5, 0.6) is 17.2 Å². The lowest BCUT2D eigenvalue weighted by Gasteiger charge is -2.10. The fourth-order valence-corrected chi connectivity index (χ4v) is 2.26. The van der Waals surface area contributed by atoms with Gasteiger partial charge < -0.3 is 14.2 Å². The van der Waals surface area contributed by atoms with Crippen LogP contribution >= 0.6 is 0 Å². The van der Waals surface area contributed by atoms with E-state index in [1.165, 1.54) is 44.6 Å². The minimum atomic E-state index is -3.03. The maximum absolute atomic E-state index is 12.6. The van der Waals surface area contributed by atoms with Gasteiger partial charge in [-0.05, 0) is 35.9 Å². The predicted molar refractivity (Wildman–Crippen MR) is 90.5 cm³/mol. The van der Waals surface area contributed by atoms with Gasteiger partial charge in [-0.25, -0.2) is 0 Å². The van der Waals surface area contributed by atoms with Gasteiger partial charge in [0.1, 0.15) is 17.4 Å². The molecule has 0 bridgehead atoms. The summed E-state index contributed by atoms with van der Waals surface area (Å²) in [4.78, 5) is 12.6. The van der Waals surface area contributed by atoms with E-state index < -0.39 is 12.4 Å². The van der Waals surface area contributed by atoms with Crippen molar-refractivity contribution >= 4 is 11.9 Å². The lowest BCUT2D eigenvalue weighted by molar-refractivity contribution is -0.0512. The van der Waals surface area contributed by atoms with E-state index in [9.17, 15) is 18.8 Å². The van der Waals surface area contributed by atoms with Gasteiger partial charge in [0.05, 0.1) is 19.8 Å². The summed E-state index contributed by atoms with van der Waals surface area (Å²) in [5, 5.41) is 9.34. The maximum atomic E-state index is 12.6. The number of benzene rings is 2. The number of carbonyl (C=O) groups is 1. The zero-order valence-electron chi connectivity index (χ0n) is 14.0. The quantitative estimate of drug-likeness (QED) is 0.423. The predicted octanol–water partition coefficient (Wildman–Crippen LogP) is 4.10. The monoisotopic (exact) mass is 359 g/mol. The highest BCUT2D eigenvalue weighted by Crippen LogP contribution is 2.30. The standard InChI is InChI=1S/C19H15F2NO4/c1-24-15-6-4-3-5-14(15)18(23)13(11-22)9-12-7-8-16(25-2)17(10-12)26-19(20)21/h3-10,19H,1-2H3/b13-9+. The van der Waals surface area contributed by atoms with Crippen molar-refractivity contribution in [1.82, 2.24) is 0 Å². The van der Waals surface area contributed by atoms with Crippen LogP contribution in [0.2, 0.25) is 0 Å². The van der Waals surface area contributed by atoms with Gasteiger partial charge in [0.15, 0.2) is 11.5 Å². The molecule has 0 radical (unpaired) electrons. The maximum Gasteiger partial charge on any atom is 0.387 e. The van der Waals surface area contributed by atoms with Crippen molar-refractivity contribution < 1.29 is 27.8 Å². The molecule has 0 fully saturated rings. The topological polar surface area (TPSA) is 68.5 Å². The molecule has 2 aromatic carbocycles. The summed E-state index contributed by atoms with van der Waals surface area (Å²) in [7, 11) is 2.73. The Morgan fingerprint density at radius 1 is 1.08 bits per heavy atom. The van der Waals surface area contributed by atoms with Gasteiger partial charge in [-0.3, -0.25) is 4.79 Å². The van der Waals surface area contributed by atoms with Gasteiger partial charge in [0.25, 0.3) is 0 Å². The highest BCUT2D eigenvalue weighted by Gasteiger charge is 2.17. The molecule has 0 amide bonds. The van der Waals surface area contributed by atoms with Crippen molar-refractivity contribution in [2.45, 2.75) is 6.61 Å². The van der Waals surface area contributed by atoms with Crippen molar-refractivity contribution in [3.05, 3.63) is 59.2 Å². The second-order valence-corrected chi connectivity index (χ2v) is 4.99. The average Bonchev–Trinajstić information content (AvgIpc) is 2.65. The van der Waals surface area contributed by atoms with Crippen LogP contribution in [0.1, 0.15) is 15.9 Å². The lowest BCUT2D eigenvalue weighted by Crippen LogP contribution is -2.05. The third-order valence-electron chi connectivity index (χ3n) is 3.43. The number of rotatable bonds is 7.